The second kappa shape index (κ2) is 9.06. The van der Waals surface area contributed by atoms with Crippen LogP contribution in [0.4, 0.5) is 12.9 Å². The molecule has 8 heteroatoms. The van der Waals surface area contributed by atoms with E-state index in [0.29, 0.717) is 19.2 Å². The van der Waals surface area contributed by atoms with Crippen LogP contribution in [0.2, 0.25) is 0 Å². The van der Waals surface area contributed by atoms with E-state index in [9.17, 15) is 12.9 Å². The van der Waals surface area contributed by atoms with Crippen LogP contribution < -0.4 is 61.6 Å². The first kappa shape index (κ1) is 20.5. The molecule has 3 nitrogen and oxygen atoms in total. The minimum atomic E-state index is -5.07. The van der Waals surface area contributed by atoms with Gasteiger partial charge in [-0.1, -0.05) is 23.7 Å². The van der Waals surface area contributed by atoms with Gasteiger partial charge < -0.3 is 22.4 Å². The van der Waals surface area contributed by atoms with Crippen LogP contribution in [0.15, 0.2) is 24.3 Å². The second-order valence-corrected chi connectivity index (χ2v) is 5.51. The first-order valence-corrected chi connectivity index (χ1v) is 7.15. The van der Waals surface area contributed by atoms with Crippen molar-refractivity contribution in [2.75, 3.05) is 26.3 Å². The third-order valence-corrected chi connectivity index (χ3v) is 3.60. The van der Waals surface area contributed by atoms with Crippen LogP contribution in [-0.4, -0.2) is 50.3 Å². The van der Waals surface area contributed by atoms with E-state index in [4.69, 9.17) is 9.47 Å². The summed E-state index contributed by atoms with van der Waals surface area (Å²) in [6.45, 7) is 1.34. The van der Waals surface area contributed by atoms with Gasteiger partial charge in [0.25, 0.3) is 0 Å². The minimum absolute atomic E-state index is 0. The maximum absolute atomic E-state index is 12.9. The summed E-state index contributed by atoms with van der Waals surface area (Å²) in [4.78, 5) is 2.23. The number of morpholine rings is 1. The molecule has 118 valence electrons. The quantitative estimate of drug-likeness (QED) is 0.657. The predicted octanol–water partition coefficient (Wildman–Crippen LogP) is -0.767. The van der Waals surface area contributed by atoms with Gasteiger partial charge in [-0.05, 0) is 19.9 Å². The Kier molecular flexibility index (Phi) is 8.43. The molecule has 1 saturated heterocycles. The summed E-state index contributed by atoms with van der Waals surface area (Å²) in [6, 6.07) is 5.71. The van der Waals surface area contributed by atoms with Crippen molar-refractivity contribution in [1.29, 1.82) is 0 Å². The first-order valence-electron chi connectivity index (χ1n) is 7.15. The molecule has 1 atom stereocenters. The Hall–Kier alpha value is 0.431. The molecule has 0 radical (unpaired) electrons. The molecule has 1 heterocycles. The standard InChI is InChI=1S/C14H20BF3NO2.K/c1-11(2)19-7-8-20-12(9-19)10-21-14-6-4-3-5-13(14)15(16,17)18;/h3-6,11-12H,7-10H2,1-2H3;/q-1;+1. The third-order valence-electron chi connectivity index (χ3n) is 3.60. The molecule has 1 aromatic carbocycles. The summed E-state index contributed by atoms with van der Waals surface area (Å²) < 4.78 is 49.7. The van der Waals surface area contributed by atoms with Crippen LogP contribution in [0.1, 0.15) is 13.8 Å². The number of para-hydroxylation sites is 1. The third kappa shape index (κ3) is 5.81. The maximum Gasteiger partial charge on any atom is 1.00 e. The van der Waals surface area contributed by atoms with Gasteiger partial charge in [0.1, 0.15) is 12.7 Å². The number of ether oxygens (including phenoxy) is 2. The van der Waals surface area contributed by atoms with Gasteiger partial charge in [-0.2, -0.15) is 0 Å². The largest absolute Gasteiger partial charge is 1.00 e. The zero-order valence-electron chi connectivity index (χ0n) is 13.3. The fourth-order valence-electron chi connectivity index (χ4n) is 2.38. The Bertz CT molecular complexity index is 474. The molecular weight excluding hydrogens is 321 g/mol. The van der Waals surface area contributed by atoms with Gasteiger partial charge in [0, 0.05) is 19.1 Å². The number of benzene rings is 1. The molecule has 0 spiro atoms. The topological polar surface area (TPSA) is 21.7 Å². The SMILES string of the molecule is CC(C)N1CCOC(COc2ccccc2[B-](F)(F)F)C1.[K+]. The number of nitrogens with zero attached hydrogens (tertiary/aromatic N) is 1. The molecule has 0 aliphatic carbocycles. The van der Waals surface area contributed by atoms with Crippen molar-refractivity contribution in [1.82, 2.24) is 4.90 Å². The summed E-state index contributed by atoms with van der Waals surface area (Å²) in [5.41, 5.74) is -0.686. The van der Waals surface area contributed by atoms with Crippen molar-refractivity contribution in [3.63, 3.8) is 0 Å². The average molecular weight is 341 g/mol. The molecular formula is C14H20BF3KNO2. The molecule has 2 rings (SSSR count). The van der Waals surface area contributed by atoms with E-state index in [1.807, 2.05) is 0 Å². The minimum Gasteiger partial charge on any atom is -0.494 e. The van der Waals surface area contributed by atoms with E-state index in [2.05, 4.69) is 18.7 Å². The molecule has 1 fully saturated rings. The van der Waals surface area contributed by atoms with E-state index >= 15 is 0 Å². The summed E-state index contributed by atoms with van der Waals surface area (Å²) in [6.07, 6.45) is -0.199. The Morgan fingerprint density at radius 1 is 1.32 bits per heavy atom. The van der Waals surface area contributed by atoms with E-state index in [1.165, 1.54) is 12.1 Å². The molecule has 22 heavy (non-hydrogen) atoms. The average Bonchev–Trinajstić information content (AvgIpc) is 2.45. The van der Waals surface area contributed by atoms with E-state index in [-0.39, 0.29) is 69.8 Å². The van der Waals surface area contributed by atoms with E-state index in [1.54, 1.807) is 6.07 Å². The molecule has 1 aliphatic heterocycles. The van der Waals surface area contributed by atoms with Gasteiger partial charge in [-0.15, -0.1) is 0 Å². The molecule has 1 unspecified atom stereocenters. The van der Waals surface area contributed by atoms with Gasteiger partial charge in [0.05, 0.1) is 12.4 Å². The smallest absolute Gasteiger partial charge is 0.494 e. The fraction of sp³-hybridized carbons (Fsp3) is 0.571. The Morgan fingerprint density at radius 2 is 2.00 bits per heavy atom. The first-order chi connectivity index (χ1) is 9.88. The van der Waals surface area contributed by atoms with Crippen LogP contribution in [0.5, 0.6) is 5.75 Å². The van der Waals surface area contributed by atoms with Gasteiger partial charge in [-0.3, -0.25) is 4.90 Å². The molecule has 0 saturated carbocycles. The predicted molar refractivity (Wildman–Crippen MR) is 77.1 cm³/mol. The monoisotopic (exact) mass is 341 g/mol. The summed E-state index contributed by atoms with van der Waals surface area (Å²) in [5.74, 6) is -0.115. The van der Waals surface area contributed by atoms with E-state index < -0.39 is 12.4 Å². The molecule has 0 bridgehead atoms. The van der Waals surface area contributed by atoms with Crippen LogP contribution in [0.25, 0.3) is 0 Å². The summed E-state index contributed by atoms with van der Waals surface area (Å²) in [7, 11) is 0. The molecule has 0 amide bonds. The molecule has 0 N–H and O–H groups in total. The van der Waals surface area contributed by atoms with Gasteiger partial charge in [0.15, 0.2) is 0 Å². The van der Waals surface area contributed by atoms with Gasteiger partial charge in [-0.25, -0.2) is 0 Å². The van der Waals surface area contributed by atoms with Crippen LogP contribution >= 0.6 is 0 Å². The maximum atomic E-state index is 12.9. The van der Waals surface area contributed by atoms with Crippen LogP contribution in [-0.2, 0) is 4.74 Å². The van der Waals surface area contributed by atoms with Crippen molar-refractivity contribution in [2.24, 2.45) is 0 Å². The van der Waals surface area contributed by atoms with Crippen molar-refractivity contribution >= 4 is 12.4 Å². The zero-order valence-corrected chi connectivity index (χ0v) is 16.4. The molecule has 1 aromatic rings. The van der Waals surface area contributed by atoms with Crippen molar-refractivity contribution in [3.8, 4) is 5.75 Å². The molecule has 0 aromatic heterocycles. The normalized spacial score (nSPS) is 19.8. The summed E-state index contributed by atoms with van der Waals surface area (Å²) >= 11 is 0. The van der Waals surface area contributed by atoms with Crippen LogP contribution in [0, 0.1) is 0 Å². The number of rotatable bonds is 5. The number of hydrogen-bond acceptors (Lipinski definition) is 3. The Morgan fingerprint density at radius 3 is 2.64 bits per heavy atom. The van der Waals surface area contributed by atoms with Crippen molar-refractivity contribution in [2.45, 2.75) is 26.0 Å². The number of halogens is 3. The van der Waals surface area contributed by atoms with Crippen molar-refractivity contribution in [3.05, 3.63) is 24.3 Å². The van der Waals surface area contributed by atoms with E-state index in [0.717, 1.165) is 12.6 Å². The van der Waals surface area contributed by atoms with Crippen molar-refractivity contribution < 1.29 is 73.8 Å². The Balaban J connectivity index is 0.00000242. The van der Waals surface area contributed by atoms with Gasteiger partial charge >= 0.3 is 58.4 Å². The second-order valence-electron chi connectivity index (χ2n) is 5.51. The molecule has 1 aliphatic rings. The van der Waals surface area contributed by atoms with Gasteiger partial charge in [0.2, 0.25) is 0 Å². The van der Waals surface area contributed by atoms with Crippen LogP contribution in [0.3, 0.4) is 0 Å². The fourth-order valence-corrected chi connectivity index (χ4v) is 2.38. The summed E-state index contributed by atoms with van der Waals surface area (Å²) in [5, 5.41) is 0. The Labute approximate surface area is 172 Å². The zero-order chi connectivity index (χ0) is 15.5. The number of hydrogen-bond donors (Lipinski definition) is 0.